The van der Waals surface area contributed by atoms with Crippen molar-refractivity contribution in [2.75, 3.05) is 0 Å². The average molecular weight is 453 g/mol. The Hall–Kier alpha value is -1.51. The number of thiocarbonyl (C=S) groups is 1. The Morgan fingerprint density at radius 2 is 1.94 bits per heavy atom. The van der Waals surface area contributed by atoms with Gasteiger partial charge in [0.15, 0.2) is 17.5 Å². The monoisotopic (exact) mass is 452 g/mol. The molecule has 0 bridgehead atoms. The van der Waals surface area contributed by atoms with E-state index < -0.39 is 52.4 Å². The van der Waals surface area contributed by atoms with Crippen molar-refractivity contribution in [1.29, 1.82) is 0 Å². The van der Waals surface area contributed by atoms with E-state index in [1.54, 1.807) is 19.9 Å². The number of aliphatic hydroxyl groups is 1. The molecular formula is C23H32O7S. The lowest BCUT2D eigenvalue weighted by atomic mass is 9.39. The number of ether oxygens (including phenoxy) is 4. The standard InChI is InChI=1S/C23H32O7S/c1-8-20(5)11-13(25)23-21(6)14(28-18(31)29-23)9-10-19(3,4)16(21)15(26)17(27-12(2)24)22(23,7)30-20/h8,14-17,26H,1,9-11H2,2-7H3/t14-,15-,16-,17-,20-,21-,22+,23-/m0/s1. The van der Waals surface area contributed by atoms with Gasteiger partial charge in [0.05, 0.1) is 17.1 Å². The fraction of sp³-hybridized carbons (Fsp3) is 0.783. The summed E-state index contributed by atoms with van der Waals surface area (Å²) < 4.78 is 24.5. The zero-order valence-corrected chi connectivity index (χ0v) is 19.8. The Morgan fingerprint density at radius 1 is 1.29 bits per heavy atom. The maximum absolute atomic E-state index is 14.1. The van der Waals surface area contributed by atoms with Gasteiger partial charge >= 0.3 is 11.2 Å². The fourth-order valence-corrected chi connectivity index (χ4v) is 7.57. The molecule has 31 heavy (non-hydrogen) atoms. The van der Waals surface area contributed by atoms with Crippen molar-refractivity contribution in [3.8, 4) is 0 Å². The fourth-order valence-electron chi connectivity index (χ4n) is 7.33. The van der Waals surface area contributed by atoms with E-state index in [1.165, 1.54) is 6.92 Å². The molecule has 8 heteroatoms. The predicted octanol–water partition coefficient (Wildman–Crippen LogP) is 2.87. The Kier molecular flexibility index (Phi) is 4.76. The molecule has 0 aromatic rings. The third-order valence-corrected chi connectivity index (χ3v) is 8.59. The number of Topliss-reactive ketones (excluding diaryl/α,β-unsaturated/α-hetero) is 1. The van der Waals surface area contributed by atoms with Gasteiger partial charge in [-0.3, -0.25) is 9.59 Å². The Morgan fingerprint density at radius 3 is 2.52 bits per heavy atom. The lowest BCUT2D eigenvalue weighted by Crippen LogP contribution is -2.89. The van der Waals surface area contributed by atoms with Gasteiger partial charge in [0.1, 0.15) is 6.10 Å². The first-order valence-electron chi connectivity index (χ1n) is 10.8. The van der Waals surface area contributed by atoms with Crippen LogP contribution < -0.4 is 0 Å². The quantitative estimate of drug-likeness (QED) is 0.389. The first-order chi connectivity index (χ1) is 14.2. The summed E-state index contributed by atoms with van der Waals surface area (Å²) >= 11 is 5.35. The van der Waals surface area contributed by atoms with Crippen molar-refractivity contribution < 1.29 is 33.6 Å². The lowest BCUT2D eigenvalue weighted by molar-refractivity contribution is -0.380. The molecule has 0 unspecified atom stereocenters. The van der Waals surface area contributed by atoms with E-state index in [0.717, 1.165) is 6.42 Å². The molecule has 4 fully saturated rings. The molecule has 8 atom stereocenters. The third kappa shape index (κ3) is 2.61. The number of rotatable bonds is 2. The number of aliphatic hydroxyl groups excluding tert-OH is 1. The molecular weight excluding hydrogens is 420 g/mol. The minimum atomic E-state index is -1.59. The largest absolute Gasteiger partial charge is 0.457 e. The second-order valence-electron chi connectivity index (χ2n) is 10.8. The van der Waals surface area contributed by atoms with Crippen LogP contribution in [0.2, 0.25) is 0 Å². The smallest absolute Gasteiger partial charge is 0.353 e. The van der Waals surface area contributed by atoms with Crippen molar-refractivity contribution in [2.24, 2.45) is 16.7 Å². The van der Waals surface area contributed by atoms with Gasteiger partial charge in [-0.15, -0.1) is 6.58 Å². The summed E-state index contributed by atoms with van der Waals surface area (Å²) in [5.41, 5.74) is -5.50. The predicted molar refractivity (Wildman–Crippen MR) is 115 cm³/mol. The summed E-state index contributed by atoms with van der Waals surface area (Å²) in [5.74, 6) is -1.26. The normalized spacial score (nSPS) is 50.3. The van der Waals surface area contributed by atoms with Gasteiger partial charge in [0, 0.05) is 31.5 Å². The topological polar surface area (TPSA) is 91.3 Å². The van der Waals surface area contributed by atoms with Crippen LogP contribution in [0.25, 0.3) is 0 Å². The van der Waals surface area contributed by atoms with Gasteiger partial charge in [-0.25, -0.2) is 0 Å². The molecule has 7 nitrogen and oxygen atoms in total. The van der Waals surface area contributed by atoms with Crippen LogP contribution in [0.4, 0.5) is 0 Å². The highest BCUT2D eigenvalue weighted by Gasteiger charge is 2.85. The Bertz CT molecular complexity index is 870. The molecule has 0 aromatic carbocycles. The molecule has 2 saturated heterocycles. The van der Waals surface area contributed by atoms with E-state index in [2.05, 4.69) is 20.4 Å². The van der Waals surface area contributed by atoms with Crippen LogP contribution in [0.3, 0.4) is 0 Å². The summed E-state index contributed by atoms with van der Waals surface area (Å²) in [6, 6.07) is 0. The molecule has 2 aliphatic heterocycles. The van der Waals surface area contributed by atoms with E-state index >= 15 is 0 Å². The number of ketones is 1. The zero-order valence-electron chi connectivity index (χ0n) is 19.0. The molecule has 1 spiro atoms. The maximum Gasteiger partial charge on any atom is 0.353 e. The first-order valence-corrected chi connectivity index (χ1v) is 11.2. The molecule has 1 N–H and O–H groups in total. The second-order valence-corrected chi connectivity index (χ2v) is 11.1. The average Bonchev–Trinajstić information content (AvgIpc) is 2.63. The van der Waals surface area contributed by atoms with Gasteiger partial charge in [0.2, 0.25) is 5.60 Å². The van der Waals surface area contributed by atoms with Crippen LogP contribution >= 0.6 is 12.2 Å². The summed E-state index contributed by atoms with van der Waals surface area (Å²) in [6.45, 7) is 14.6. The number of esters is 1. The highest BCUT2D eigenvalue weighted by atomic mass is 32.1. The Balaban J connectivity index is 2.05. The molecule has 0 radical (unpaired) electrons. The highest BCUT2D eigenvalue weighted by Crippen LogP contribution is 2.70. The molecule has 4 rings (SSSR count). The number of carbonyl (C=O) groups is 2. The molecule has 0 amide bonds. The van der Waals surface area contributed by atoms with E-state index in [-0.39, 0.29) is 22.9 Å². The molecule has 2 aliphatic carbocycles. The number of hydrogen-bond donors (Lipinski definition) is 1. The van der Waals surface area contributed by atoms with Gasteiger partial charge in [-0.2, -0.15) is 0 Å². The van der Waals surface area contributed by atoms with Crippen molar-refractivity contribution in [3.63, 3.8) is 0 Å². The van der Waals surface area contributed by atoms with Crippen LogP contribution in [0.5, 0.6) is 0 Å². The third-order valence-electron chi connectivity index (χ3n) is 8.41. The number of hydrogen-bond acceptors (Lipinski definition) is 8. The molecule has 172 valence electrons. The SMILES string of the molecule is C=C[C@@]1(C)CC(=O)[C@@]23OC(=S)O[C@H]4CCC(C)(C)[C@H]([C@H](O)[C@H](OC(C)=O)[C@@]2(C)O1)[C@]43C. The van der Waals surface area contributed by atoms with E-state index in [4.69, 9.17) is 31.2 Å². The van der Waals surface area contributed by atoms with E-state index in [0.29, 0.717) is 6.42 Å². The lowest BCUT2D eigenvalue weighted by Gasteiger charge is -2.73. The summed E-state index contributed by atoms with van der Waals surface area (Å²) in [6.07, 6.45) is 0.283. The van der Waals surface area contributed by atoms with E-state index in [9.17, 15) is 14.7 Å². The van der Waals surface area contributed by atoms with Gasteiger partial charge in [-0.05, 0) is 32.1 Å². The minimum absolute atomic E-state index is 0.0209. The minimum Gasteiger partial charge on any atom is -0.457 e. The van der Waals surface area contributed by atoms with Crippen LogP contribution in [-0.4, -0.2) is 57.2 Å². The van der Waals surface area contributed by atoms with Gasteiger partial charge < -0.3 is 24.1 Å². The van der Waals surface area contributed by atoms with Gasteiger partial charge in [0.25, 0.3) is 0 Å². The maximum atomic E-state index is 14.1. The highest BCUT2D eigenvalue weighted by molar-refractivity contribution is 7.79. The molecule has 2 saturated carbocycles. The molecule has 4 aliphatic rings. The van der Waals surface area contributed by atoms with E-state index in [1.807, 2.05) is 6.92 Å². The van der Waals surface area contributed by atoms with Crippen LogP contribution in [0.15, 0.2) is 12.7 Å². The van der Waals surface area contributed by atoms with Gasteiger partial charge in [-0.1, -0.05) is 26.8 Å². The molecule has 0 aromatic heterocycles. The Labute approximate surface area is 188 Å². The summed E-state index contributed by atoms with van der Waals surface area (Å²) in [4.78, 5) is 26.2. The van der Waals surface area contributed by atoms with Crippen molar-refractivity contribution in [1.82, 2.24) is 0 Å². The first kappa shape index (κ1) is 22.7. The second kappa shape index (κ2) is 6.51. The summed E-state index contributed by atoms with van der Waals surface area (Å²) in [7, 11) is 0. The van der Waals surface area contributed by atoms with Crippen molar-refractivity contribution in [3.05, 3.63) is 12.7 Å². The van der Waals surface area contributed by atoms with Crippen molar-refractivity contribution in [2.45, 2.75) is 95.9 Å². The zero-order chi connectivity index (χ0) is 23.2. The van der Waals surface area contributed by atoms with Crippen LogP contribution in [0.1, 0.15) is 60.8 Å². The molecule has 2 heterocycles. The summed E-state index contributed by atoms with van der Waals surface area (Å²) in [5, 5.41) is 11.6. The number of carbonyl (C=O) groups excluding carboxylic acids is 2. The van der Waals surface area contributed by atoms with Crippen LogP contribution in [0, 0.1) is 16.7 Å². The van der Waals surface area contributed by atoms with Crippen LogP contribution in [-0.2, 0) is 28.5 Å². The van der Waals surface area contributed by atoms with Crippen molar-refractivity contribution >= 4 is 29.2 Å².